The topological polar surface area (TPSA) is 29.5 Å². The Hall–Kier alpha value is -0.340. The molecule has 0 radical (unpaired) electrons. The second-order valence-electron chi connectivity index (χ2n) is 2.54. The quantitative estimate of drug-likeness (QED) is 0.597. The van der Waals surface area contributed by atoms with Gasteiger partial charge in [0.2, 0.25) is 0 Å². The van der Waals surface area contributed by atoms with Crippen LogP contribution in [0.4, 0.5) is 0 Å². The molecule has 0 fully saturated rings. The third-order valence-corrected chi connectivity index (χ3v) is 1.62. The van der Waals surface area contributed by atoms with Crippen LogP contribution in [0.5, 0.6) is 0 Å². The van der Waals surface area contributed by atoms with Crippen LogP contribution in [-0.2, 0) is 4.74 Å². The molecule has 11 heavy (non-hydrogen) atoms. The van der Waals surface area contributed by atoms with E-state index in [4.69, 9.17) is 9.84 Å². The number of methoxy groups -OCH3 is 1. The molecule has 0 amide bonds. The molecule has 66 valence electrons. The van der Waals surface area contributed by atoms with Gasteiger partial charge in [0.05, 0.1) is 12.7 Å². The predicted molar refractivity (Wildman–Crippen MR) is 46.5 cm³/mol. The Morgan fingerprint density at radius 1 is 1.45 bits per heavy atom. The number of ether oxygens (including phenoxy) is 1. The molecule has 0 heterocycles. The van der Waals surface area contributed by atoms with Gasteiger partial charge >= 0.3 is 0 Å². The van der Waals surface area contributed by atoms with Gasteiger partial charge in [-0.3, -0.25) is 0 Å². The zero-order valence-electron chi connectivity index (χ0n) is 7.42. The fourth-order valence-corrected chi connectivity index (χ4v) is 0.976. The molecule has 0 saturated heterocycles. The van der Waals surface area contributed by atoms with Crippen molar-refractivity contribution in [1.29, 1.82) is 0 Å². The summed E-state index contributed by atoms with van der Waals surface area (Å²) in [6, 6.07) is 0. The molecule has 0 aromatic heterocycles. The largest absolute Gasteiger partial charge is 0.392 e. The van der Waals surface area contributed by atoms with E-state index in [1.54, 1.807) is 13.2 Å². The highest BCUT2D eigenvalue weighted by atomic mass is 16.5. The average molecular weight is 158 g/mol. The van der Waals surface area contributed by atoms with Crippen LogP contribution in [0.15, 0.2) is 12.2 Å². The molecule has 0 aromatic rings. The Bertz CT molecular complexity index is 99.7. The van der Waals surface area contributed by atoms with Gasteiger partial charge in [0.1, 0.15) is 0 Å². The van der Waals surface area contributed by atoms with Crippen molar-refractivity contribution in [3.05, 3.63) is 12.2 Å². The van der Waals surface area contributed by atoms with E-state index in [0.717, 1.165) is 19.3 Å². The van der Waals surface area contributed by atoms with Gasteiger partial charge in [0.25, 0.3) is 0 Å². The van der Waals surface area contributed by atoms with E-state index in [0.29, 0.717) is 6.10 Å². The fourth-order valence-electron chi connectivity index (χ4n) is 0.976. The van der Waals surface area contributed by atoms with Crippen molar-refractivity contribution in [3.8, 4) is 0 Å². The summed E-state index contributed by atoms with van der Waals surface area (Å²) in [6.07, 6.45) is 7.18. The van der Waals surface area contributed by atoms with Gasteiger partial charge in [-0.25, -0.2) is 0 Å². The number of rotatable bonds is 6. The molecule has 0 spiro atoms. The average Bonchev–Trinajstić information content (AvgIpc) is 2.03. The molecular weight excluding hydrogens is 140 g/mol. The van der Waals surface area contributed by atoms with Gasteiger partial charge in [-0.15, -0.1) is 0 Å². The molecule has 2 nitrogen and oxygen atoms in total. The Balaban J connectivity index is 3.42. The molecule has 0 aliphatic rings. The summed E-state index contributed by atoms with van der Waals surface area (Å²) in [6.45, 7) is 2.27. The van der Waals surface area contributed by atoms with E-state index < -0.39 is 0 Å². The highest BCUT2D eigenvalue weighted by molar-refractivity contribution is 4.83. The Labute approximate surface area is 68.9 Å². The van der Waals surface area contributed by atoms with Crippen LogP contribution in [0.3, 0.4) is 0 Å². The van der Waals surface area contributed by atoms with E-state index in [2.05, 4.69) is 6.92 Å². The summed E-state index contributed by atoms with van der Waals surface area (Å²) in [5.41, 5.74) is 0. The Kier molecular flexibility index (Phi) is 7.52. The SMILES string of the molecule is CCCC(C/C=C/CO)OC. The maximum atomic E-state index is 8.45. The van der Waals surface area contributed by atoms with Crippen LogP contribution >= 0.6 is 0 Å². The minimum atomic E-state index is 0.128. The van der Waals surface area contributed by atoms with E-state index in [1.807, 2.05) is 6.08 Å². The maximum Gasteiger partial charge on any atom is 0.0612 e. The molecule has 0 bridgehead atoms. The van der Waals surface area contributed by atoms with Crippen molar-refractivity contribution in [2.24, 2.45) is 0 Å². The van der Waals surface area contributed by atoms with Crippen molar-refractivity contribution in [1.82, 2.24) is 0 Å². The first-order valence-corrected chi connectivity index (χ1v) is 4.13. The van der Waals surface area contributed by atoms with Gasteiger partial charge in [-0.1, -0.05) is 25.5 Å². The summed E-state index contributed by atoms with van der Waals surface area (Å²) in [7, 11) is 1.73. The molecule has 0 aromatic carbocycles. The van der Waals surface area contributed by atoms with Crippen molar-refractivity contribution in [3.63, 3.8) is 0 Å². The van der Waals surface area contributed by atoms with Crippen LogP contribution in [0.1, 0.15) is 26.2 Å². The number of hydrogen-bond acceptors (Lipinski definition) is 2. The van der Waals surface area contributed by atoms with Gasteiger partial charge in [0.15, 0.2) is 0 Å². The third kappa shape index (κ3) is 6.07. The number of hydrogen-bond donors (Lipinski definition) is 1. The molecule has 2 heteroatoms. The van der Waals surface area contributed by atoms with Crippen LogP contribution in [0, 0.1) is 0 Å². The Morgan fingerprint density at radius 3 is 2.64 bits per heavy atom. The fraction of sp³-hybridized carbons (Fsp3) is 0.778. The summed E-state index contributed by atoms with van der Waals surface area (Å²) in [5, 5.41) is 8.45. The second kappa shape index (κ2) is 7.76. The first kappa shape index (κ1) is 10.7. The second-order valence-corrected chi connectivity index (χ2v) is 2.54. The lowest BCUT2D eigenvalue weighted by Crippen LogP contribution is -2.08. The predicted octanol–water partition coefficient (Wildman–Crippen LogP) is 1.74. The van der Waals surface area contributed by atoms with E-state index in [1.165, 1.54) is 0 Å². The van der Waals surface area contributed by atoms with E-state index in [-0.39, 0.29) is 6.61 Å². The monoisotopic (exact) mass is 158 g/mol. The lowest BCUT2D eigenvalue weighted by molar-refractivity contribution is 0.0970. The summed E-state index contributed by atoms with van der Waals surface area (Å²) in [5.74, 6) is 0. The molecular formula is C9H18O2. The van der Waals surface area contributed by atoms with Crippen LogP contribution in [0.2, 0.25) is 0 Å². The standard InChI is InChI=1S/C9H18O2/c1-3-6-9(11-2)7-4-5-8-10/h4-5,9-10H,3,6-8H2,1-2H3/b5-4+. The molecule has 0 rings (SSSR count). The number of aliphatic hydroxyl groups is 1. The summed E-state index contributed by atoms with van der Waals surface area (Å²) in [4.78, 5) is 0. The van der Waals surface area contributed by atoms with Crippen molar-refractivity contribution >= 4 is 0 Å². The molecule has 0 saturated carbocycles. The lowest BCUT2D eigenvalue weighted by Gasteiger charge is -2.10. The Morgan fingerprint density at radius 2 is 2.18 bits per heavy atom. The minimum Gasteiger partial charge on any atom is -0.392 e. The van der Waals surface area contributed by atoms with Crippen molar-refractivity contribution in [2.45, 2.75) is 32.3 Å². The van der Waals surface area contributed by atoms with E-state index >= 15 is 0 Å². The van der Waals surface area contributed by atoms with Gasteiger partial charge in [-0.2, -0.15) is 0 Å². The van der Waals surface area contributed by atoms with Crippen molar-refractivity contribution in [2.75, 3.05) is 13.7 Å². The first-order valence-electron chi connectivity index (χ1n) is 4.13. The molecule has 1 atom stereocenters. The van der Waals surface area contributed by atoms with Gasteiger partial charge in [0, 0.05) is 7.11 Å². The zero-order valence-corrected chi connectivity index (χ0v) is 7.42. The normalized spacial score (nSPS) is 14.1. The minimum absolute atomic E-state index is 0.128. The first-order chi connectivity index (χ1) is 5.35. The maximum absolute atomic E-state index is 8.45. The van der Waals surface area contributed by atoms with Gasteiger partial charge < -0.3 is 9.84 Å². The number of aliphatic hydroxyl groups excluding tert-OH is 1. The smallest absolute Gasteiger partial charge is 0.0612 e. The highest BCUT2D eigenvalue weighted by Crippen LogP contribution is 2.05. The van der Waals surface area contributed by atoms with Gasteiger partial charge in [-0.05, 0) is 12.8 Å². The third-order valence-electron chi connectivity index (χ3n) is 1.62. The van der Waals surface area contributed by atoms with Crippen LogP contribution in [0.25, 0.3) is 0 Å². The van der Waals surface area contributed by atoms with Crippen LogP contribution in [-0.4, -0.2) is 24.9 Å². The highest BCUT2D eigenvalue weighted by Gasteiger charge is 2.01. The molecule has 0 aliphatic heterocycles. The summed E-state index contributed by atoms with van der Waals surface area (Å²) < 4.78 is 5.20. The van der Waals surface area contributed by atoms with Crippen LogP contribution < -0.4 is 0 Å². The summed E-state index contributed by atoms with van der Waals surface area (Å²) >= 11 is 0. The van der Waals surface area contributed by atoms with E-state index in [9.17, 15) is 0 Å². The molecule has 1 unspecified atom stereocenters. The zero-order chi connectivity index (χ0) is 8.53. The lowest BCUT2D eigenvalue weighted by atomic mass is 10.1. The van der Waals surface area contributed by atoms with Crippen molar-refractivity contribution < 1.29 is 9.84 Å². The molecule has 0 aliphatic carbocycles. The molecule has 1 N–H and O–H groups in total.